The van der Waals surface area contributed by atoms with Crippen LogP contribution in [0.1, 0.15) is 25.0 Å². The lowest BCUT2D eigenvalue weighted by Crippen LogP contribution is -2.14. The second-order valence-corrected chi connectivity index (χ2v) is 30.1. The van der Waals surface area contributed by atoms with E-state index in [2.05, 4.69) is 375 Å². The fourth-order valence-corrected chi connectivity index (χ4v) is 17.1. The van der Waals surface area contributed by atoms with Gasteiger partial charge in [0.15, 0.2) is 34.9 Å². The van der Waals surface area contributed by atoms with Gasteiger partial charge in [0, 0.05) is 71.7 Å². The highest BCUT2D eigenvalue weighted by Gasteiger charge is 2.35. The summed E-state index contributed by atoms with van der Waals surface area (Å²) in [5, 5.41) is 9.82. The first-order valence-corrected chi connectivity index (χ1v) is 39.1. The predicted octanol–water partition coefficient (Wildman–Crippen LogP) is 27.2. The first-order chi connectivity index (χ1) is 56.7. The summed E-state index contributed by atoms with van der Waals surface area (Å²) in [7, 11) is 0. The molecule has 0 fully saturated rings. The molecule has 4 heterocycles. The van der Waals surface area contributed by atoms with E-state index in [4.69, 9.17) is 29.9 Å². The van der Waals surface area contributed by atoms with E-state index >= 15 is 0 Å². The Morgan fingerprint density at radius 3 is 0.965 bits per heavy atom. The number of rotatable bonds is 12. The fourth-order valence-electron chi connectivity index (χ4n) is 17.1. The van der Waals surface area contributed by atoms with Crippen molar-refractivity contribution in [2.45, 2.75) is 19.3 Å². The summed E-state index contributed by atoms with van der Waals surface area (Å²) in [6, 6.07) is 142. The van der Waals surface area contributed by atoms with Crippen LogP contribution in [0.3, 0.4) is 0 Å². The summed E-state index contributed by atoms with van der Waals surface area (Å²) in [6.07, 6.45) is 0. The van der Waals surface area contributed by atoms with Gasteiger partial charge in [-0.25, -0.2) is 29.9 Å². The molecule has 8 nitrogen and oxygen atoms in total. The lowest BCUT2D eigenvalue weighted by Gasteiger charge is -2.21. The Morgan fingerprint density at radius 1 is 0.183 bits per heavy atom. The summed E-state index contributed by atoms with van der Waals surface area (Å²) in [6.45, 7) is 4.61. The number of nitrogens with zero attached hydrogens (tertiary/aromatic N) is 8. The highest BCUT2D eigenvalue weighted by Crippen LogP contribution is 2.50. The highest BCUT2D eigenvalue weighted by atomic mass is 15.0. The van der Waals surface area contributed by atoms with Crippen molar-refractivity contribution < 1.29 is 0 Å². The van der Waals surface area contributed by atoms with Crippen LogP contribution in [0.25, 0.3) is 200 Å². The molecule has 0 saturated heterocycles. The van der Waals surface area contributed by atoms with Crippen LogP contribution >= 0.6 is 0 Å². The molecule has 540 valence electrons. The van der Waals surface area contributed by atoms with Crippen molar-refractivity contribution in [1.82, 2.24) is 39.0 Å². The second kappa shape index (κ2) is 28.3. The Kier molecular flexibility index (Phi) is 16.7. The average molecular weight is 1470 g/mol. The molecule has 0 spiro atoms. The van der Waals surface area contributed by atoms with Gasteiger partial charge in [-0.1, -0.05) is 341 Å². The first kappa shape index (κ1) is 68.0. The number of hydrogen-bond donors (Lipinski definition) is 0. The van der Waals surface area contributed by atoms with Gasteiger partial charge in [-0.15, -0.1) is 0 Å². The highest BCUT2D eigenvalue weighted by molar-refractivity contribution is 6.12. The standard InChI is InChI=1S/C54H38N4.C53H34N4/c1-54(2)47-19-11-9-17-43(47)45-34-41(27-31-48(45)54)53-56-51(38-15-7-4-8-16-38)55-52(57-53)39-23-21-36(22-24-39)37-25-29-42(30-26-37)58-49-20-12-10-18-44(49)46-33-40(28-32-50(46)58)35-13-5-3-6-14-35;1-3-11-35(12-4-1)41-28-32-50-48(34-41)47-17-9-10-18-49(47)57(50)44-29-25-37(26-30-44)36-19-22-40(23-20-36)52-54-51(39-14-5-2-6-15-39)55-53(56-52)43-27-31-46-42(33-43)24-21-38-13-7-8-16-45(38)46/h3-34H,1-2H3;1-34H. The Labute approximate surface area is 666 Å². The van der Waals surface area contributed by atoms with Crippen LogP contribution in [-0.4, -0.2) is 39.0 Å². The molecule has 115 heavy (non-hydrogen) atoms. The molecule has 0 radical (unpaired) electrons. The molecule has 0 atom stereocenters. The Hall–Kier alpha value is -15.1. The summed E-state index contributed by atoms with van der Waals surface area (Å²) in [4.78, 5) is 30.2. The second-order valence-electron chi connectivity index (χ2n) is 30.1. The number of para-hydroxylation sites is 2. The Balaban J connectivity index is 0.000000144. The fraction of sp³-hybridized carbons (Fsp3) is 0.0280. The number of hydrogen-bond acceptors (Lipinski definition) is 6. The molecule has 0 N–H and O–H groups in total. The molecular weight excluding hydrogens is 1400 g/mol. The normalized spacial score (nSPS) is 12.2. The van der Waals surface area contributed by atoms with Crippen LogP contribution in [0, 0.1) is 0 Å². The minimum Gasteiger partial charge on any atom is -0.309 e. The van der Waals surface area contributed by atoms with Crippen molar-refractivity contribution in [3.8, 4) is 135 Å². The molecule has 1 aliphatic rings. The molecule has 1 aliphatic carbocycles. The minimum absolute atomic E-state index is 0.0653. The van der Waals surface area contributed by atoms with Gasteiger partial charge in [-0.05, 0) is 161 Å². The molecule has 0 bridgehead atoms. The molecule has 17 aromatic carbocycles. The zero-order valence-electron chi connectivity index (χ0n) is 63.2. The van der Waals surface area contributed by atoms with Gasteiger partial charge in [-0.2, -0.15) is 0 Å². The quantitative estimate of drug-likeness (QED) is 0.113. The summed E-state index contributed by atoms with van der Waals surface area (Å²) in [5.41, 5.74) is 27.3. The SMILES string of the molecule is CC1(C)c2ccccc2-c2cc(-c3nc(-c4ccccc4)nc(-c4ccc(-c5ccc(-n6c7ccccc7c7cc(-c8ccccc8)ccc76)cc5)cc4)n3)ccc21.c1ccc(-c2ccc3c(c2)c2ccccc2n3-c2ccc(-c3ccc(-c4nc(-c5ccccc5)nc(-c5ccc6c(ccc7ccccc76)c5)n4)cc3)cc2)cc1. The molecule has 22 rings (SSSR count). The molecule has 0 saturated carbocycles. The van der Waals surface area contributed by atoms with Gasteiger partial charge < -0.3 is 9.13 Å². The van der Waals surface area contributed by atoms with Crippen molar-refractivity contribution in [1.29, 1.82) is 0 Å². The zero-order valence-corrected chi connectivity index (χ0v) is 63.2. The van der Waals surface area contributed by atoms with E-state index < -0.39 is 0 Å². The maximum absolute atomic E-state index is 5.11. The van der Waals surface area contributed by atoms with Gasteiger partial charge >= 0.3 is 0 Å². The van der Waals surface area contributed by atoms with Crippen LogP contribution < -0.4 is 0 Å². The average Bonchev–Trinajstić information content (AvgIpc) is 1.59. The Bertz CT molecular complexity index is 7300. The maximum atomic E-state index is 5.11. The van der Waals surface area contributed by atoms with Gasteiger partial charge in [-0.3, -0.25) is 0 Å². The van der Waals surface area contributed by atoms with E-state index in [1.807, 2.05) is 48.5 Å². The van der Waals surface area contributed by atoms with Crippen molar-refractivity contribution in [3.05, 3.63) is 412 Å². The smallest absolute Gasteiger partial charge is 0.164 e. The van der Waals surface area contributed by atoms with Gasteiger partial charge in [0.1, 0.15) is 0 Å². The van der Waals surface area contributed by atoms with Gasteiger partial charge in [0.05, 0.1) is 22.1 Å². The van der Waals surface area contributed by atoms with Gasteiger partial charge in [0.2, 0.25) is 0 Å². The molecular formula is C107H72N8. The van der Waals surface area contributed by atoms with E-state index in [1.54, 1.807) is 0 Å². The lowest BCUT2D eigenvalue weighted by atomic mass is 9.82. The largest absolute Gasteiger partial charge is 0.309 e. The number of aromatic nitrogens is 8. The van der Waals surface area contributed by atoms with E-state index in [0.29, 0.717) is 34.9 Å². The first-order valence-electron chi connectivity index (χ1n) is 39.1. The molecule has 0 amide bonds. The summed E-state index contributed by atoms with van der Waals surface area (Å²) >= 11 is 0. The molecule has 0 unspecified atom stereocenters. The molecule has 8 heteroatoms. The van der Waals surface area contributed by atoms with Crippen molar-refractivity contribution in [2.24, 2.45) is 0 Å². The third-order valence-electron chi connectivity index (χ3n) is 22.9. The minimum atomic E-state index is -0.0653. The number of fused-ring (bicyclic) bond motifs is 12. The van der Waals surface area contributed by atoms with Crippen LogP contribution in [-0.2, 0) is 5.41 Å². The maximum Gasteiger partial charge on any atom is 0.164 e. The van der Waals surface area contributed by atoms with E-state index in [0.717, 1.165) is 72.4 Å². The molecule has 21 aromatic rings. The van der Waals surface area contributed by atoms with Gasteiger partial charge in [0.25, 0.3) is 0 Å². The molecule has 0 aliphatic heterocycles. The third-order valence-corrected chi connectivity index (χ3v) is 22.9. The predicted molar refractivity (Wildman–Crippen MR) is 475 cm³/mol. The van der Waals surface area contributed by atoms with E-state index in [-0.39, 0.29) is 5.41 Å². The van der Waals surface area contributed by atoms with Crippen molar-refractivity contribution in [3.63, 3.8) is 0 Å². The van der Waals surface area contributed by atoms with Crippen LogP contribution in [0.4, 0.5) is 0 Å². The van der Waals surface area contributed by atoms with Crippen LogP contribution in [0.15, 0.2) is 400 Å². The summed E-state index contributed by atoms with van der Waals surface area (Å²) < 4.78 is 4.74. The van der Waals surface area contributed by atoms with Crippen molar-refractivity contribution in [2.75, 3.05) is 0 Å². The summed E-state index contributed by atoms with van der Waals surface area (Å²) in [5.74, 6) is 3.90. The number of benzene rings is 17. The molecule has 4 aromatic heterocycles. The lowest BCUT2D eigenvalue weighted by molar-refractivity contribution is 0.660. The third kappa shape index (κ3) is 12.4. The van der Waals surface area contributed by atoms with E-state index in [1.165, 1.54) is 104 Å². The monoisotopic (exact) mass is 1470 g/mol. The topological polar surface area (TPSA) is 87.2 Å². The van der Waals surface area contributed by atoms with E-state index in [9.17, 15) is 0 Å². The van der Waals surface area contributed by atoms with Crippen molar-refractivity contribution >= 4 is 65.2 Å². The van der Waals surface area contributed by atoms with Crippen LogP contribution in [0.5, 0.6) is 0 Å². The van der Waals surface area contributed by atoms with Crippen LogP contribution in [0.2, 0.25) is 0 Å². The Morgan fingerprint density at radius 2 is 0.487 bits per heavy atom. The zero-order chi connectivity index (χ0) is 76.5.